The van der Waals surface area contributed by atoms with Crippen molar-refractivity contribution in [3.63, 3.8) is 0 Å². The van der Waals surface area contributed by atoms with Gasteiger partial charge in [0.15, 0.2) is 6.10 Å². The third-order valence-corrected chi connectivity index (χ3v) is 3.77. The number of carbonyl (C=O) groups is 2. The van der Waals surface area contributed by atoms with Crippen LogP contribution in [0, 0.1) is 6.92 Å². The number of likely N-dealkylation sites (N-methyl/N-ethyl adjacent to an activating group) is 1. The van der Waals surface area contributed by atoms with E-state index in [0.29, 0.717) is 6.54 Å². The van der Waals surface area contributed by atoms with Crippen molar-refractivity contribution in [2.24, 2.45) is 0 Å². The molecule has 0 fully saturated rings. The molecule has 0 N–H and O–H groups in total. The van der Waals surface area contributed by atoms with E-state index in [0.717, 1.165) is 16.7 Å². The lowest BCUT2D eigenvalue weighted by Gasteiger charge is -2.21. The molecule has 130 valence electrons. The summed E-state index contributed by atoms with van der Waals surface area (Å²) < 4.78 is 5.20. The van der Waals surface area contributed by atoms with Gasteiger partial charge in [-0.05, 0) is 31.1 Å². The fourth-order valence-electron chi connectivity index (χ4n) is 2.35. The molecule has 0 spiro atoms. The smallest absolute Gasteiger partial charge is 0.331 e. The number of rotatable bonds is 6. The minimum absolute atomic E-state index is 0.235. The van der Waals surface area contributed by atoms with Crippen molar-refractivity contribution in [1.29, 1.82) is 0 Å². The highest BCUT2D eigenvalue weighted by atomic mass is 16.5. The lowest BCUT2D eigenvalue weighted by molar-refractivity contribution is -0.154. The van der Waals surface area contributed by atoms with Crippen LogP contribution in [0.25, 0.3) is 6.08 Å². The zero-order valence-corrected chi connectivity index (χ0v) is 14.8. The first kappa shape index (κ1) is 18.5. The molecule has 25 heavy (non-hydrogen) atoms. The van der Waals surface area contributed by atoms with Crippen molar-refractivity contribution in [2.45, 2.75) is 26.5 Å². The maximum Gasteiger partial charge on any atom is 0.331 e. The molecule has 4 nitrogen and oxygen atoms in total. The summed E-state index contributed by atoms with van der Waals surface area (Å²) >= 11 is 0. The third-order valence-electron chi connectivity index (χ3n) is 3.77. The molecule has 0 bridgehead atoms. The van der Waals surface area contributed by atoms with Crippen LogP contribution >= 0.6 is 0 Å². The molecule has 0 saturated carbocycles. The van der Waals surface area contributed by atoms with E-state index in [1.165, 1.54) is 6.08 Å². The first-order valence-corrected chi connectivity index (χ1v) is 8.20. The van der Waals surface area contributed by atoms with E-state index in [1.807, 2.05) is 61.5 Å². The number of esters is 1. The van der Waals surface area contributed by atoms with Crippen LogP contribution in [-0.2, 0) is 20.9 Å². The van der Waals surface area contributed by atoms with Gasteiger partial charge in [0, 0.05) is 19.7 Å². The number of amides is 1. The fraction of sp³-hybridized carbons (Fsp3) is 0.238. The maximum atomic E-state index is 12.3. The predicted octanol–water partition coefficient (Wildman–Crippen LogP) is 3.60. The molecule has 2 rings (SSSR count). The number of benzene rings is 2. The van der Waals surface area contributed by atoms with Gasteiger partial charge in [0.25, 0.3) is 5.91 Å². The second-order valence-corrected chi connectivity index (χ2v) is 6.00. The summed E-state index contributed by atoms with van der Waals surface area (Å²) in [6, 6.07) is 17.4. The van der Waals surface area contributed by atoms with Gasteiger partial charge in [0.2, 0.25) is 0 Å². The van der Waals surface area contributed by atoms with Gasteiger partial charge in [-0.15, -0.1) is 0 Å². The molecular weight excluding hydrogens is 314 g/mol. The molecule has 0 aliphatic carbocycles. The molecule has 1 amide bonds. The second-order valence-electron chi connectivity index (χ2n) is 6.00. The number of hydrogen-bond donors (Lipinski definition) is 0. The molecule has 2 aromatic rings. The predicted molar refractivity (Wildman–Crippen MR) is 98.7 cm³/mol. The van der Waals surface area contributed by atoms with E-state index < -0.39 is 12.1 Å². The van der Waals surface area contributed by atoms with Gasteiger partial charge in [0.1, 0.15) is 0 Å². The molecule has 0 aliphatic rings. The van der Waals surface area contributed by atoms with Gasteiger partial charge in [-0.3, -0.25) is 4.79 Å². The topological polar surface area (TPSA) is 46.6 Å². The van der Waals surface area contributed by atoms with Gasteiger partial charge in [-0.2, -0.15) is 0 Å². The SMILES string of the molecule is Cc1ccc(/C=C/C(=O)OC(C)C(=O)N(C)Cc2ccccc2)cc1. The van der Waals surface area contributed by atoms with Crippen LogP contribution in [0.3, 0.4) is 0 Å². The number of aryl methyl sites for hydroxylation is 1. The number of hydrogen-bond acceptors (Lipinski definition) is 3. The Balaban J connectivity index is 1.87. The Morgan fingerprint density at radius 2 is 1.72 bits per heavy atom. The number of ether oxygens (including phenoxy) is 1. The highest BCUT2D eigenvalue weighted by Gasteiger charge is 2.20. The van der Waals surface area contributed by atoms with Crippen LogP contribution in [0.1, 0.15) is 23.6 Å². The molecule has 0 aliphatic heterocycles. The molecule has 1 unspecified atom stereocenters. The maximum absolute atomic E-state index is 12.3. The monoisotopic (exact) mass is 337 g/mol. The van der Waals surface area contributed by atoms with Crippen LogP contribution in [0.5, 0.6) is 0 Å². The molecule has 0 radical (unpaired) electrons. The van der Waals surface area contributed by atoms with Gasteiger partial charge in [-0.25, -0.2) is 4.79 Å². The Labute approximate surface area is 148 Å². The van der Waals surface area contributed by atoms with E-state index in [9.17, 15) is 9.59 Å². The Hall–Kier alpha value is -2.88. The van der Waals surface area contributed by atoms with E-state index in [1.54, 1.807) is 24.9 Å². The third kappa shape index (κ3) is 5.92. The van der Waals surface area contributed by atoms with Crippen LogP contribution in [0.15, 0.2) is 60.7 Å². The van der Waals surface area contributed by atoms with Crippen molar-refractivity contribution >= 4 is 18.0 Å². The van der Waals surface area contributed by atoms with Crippen molar-refractivity contribution in [3.05, 3.63) is 77.4 Å². The molecule has 4 heteroatoms. The minimum Gasteiger partial charge on any atom is -0.449 e. The standard InChI is InChI=1S/C21H23NO3/c1-16-9-11-18(12-10-16)13-14-20(23)25-17(2)21(24)22(3)15-19-7-5-4-6-8-19/h4-14,17H,15H2,1-3H3/b14-13+. The second kappa shape index (κ2) is 8.83. The Morgan fingerprint density at radius 1 is 1.08 bits per heavy atom. The van der Waals surface area contributed by atoms with Crippen molar-refractivity contribution in [1.82, 2.24) is 4.90 Å². The lowest BCUT2D eigenvalue weighted by atomic mass is 10.1. The van der Waals surface area contributed by atoms with Crippen molar-refractivity contribution in [2.75, 3.05) is 7.05 Å². The van der Waals surface area contributed by atoms with Gasteiger partial charge in [-0.1, -0.05) is 60.2 Å². The highest BCUT2D eigenvalue weighted by Crippen LogP contribution is 2.08. The van der Waals surface area contributed by atoms with E-state index in [2.05, 4.69) is 0 Å². The van der Waals surface area contributed by atoms with Crippen LogP contribution in [-0.4, -0.2) is 29.9 Å². The average Bonchev–Trinajstić information content (AvgIpc) is 2.61. The summed E-state index contributed by atoms with van der Waals surface area (Å²) in [4.78, 5) is 25.8. The first-order chi connectivity index (χ1) is 12.0. The van der Waals surface area contributed by atoms with Crippen LogP contribution in [0.2, 0.25) is 0 Å². The Morgan fingerprint density at radius 3 is 2.36 bits per heavy atom. The quantitative estimate of drug-likeness (QED) is 0.598. The Kier molecular flexibility index (Phi) is 6.52. The summed E-state index contributed by atoms with van der Waals surface area (Å²) in [6.45, 7) is 4.06. The summed E-state index contributed by atoms with van der Waals surface area (Å²) in [5.74, 6) is -0.768. The first-order valence-electron chi connectivity index (χ1n) is 8.20. The fourth-order valence-corrected chi connectivity index (χ4v) is 2.35. The zero-order chi connectivity index (χ0) is 18.2. The molecule has 1 atom stereocenters. The largest absolute Gasteiger partial charge is 0.449 e. The average molecular weight is 337 g/mol. The summed E-state index contributed by atoms with van der Waals surface area (Å²) in [5, 5.41) is 0. The molecule has 0 heterocycles. The van der Waals surface area contributed by atoms with Gasteiger partial charge in [0.05, 0.1) is 0 Å². The molecule has 0 saturated heterocycles. The molecular formula is C21H23NO3. The van der Waals surface area contributed by atoms with E-state index in [4.69, 9.17) is 4.74 Å². The summed E-state index contributed by atoms with van der Waals surface area (Å²) in [5.41, 5.74) is 3.08. The van der Waals surface area contributed by atoms with E-state index >= 15 is 0 Å². The molecule has 2 aromatic carbocycles. The lowest BCUT2D eigenvalue weighted by Crippen LogP contribution is -2.36. The van der Waals surface area contributed by atoms with Crippen LogP contribution in [0.4, 0.5) is 0 Å². The number of carbonyl (C=O) groups excluding carboxylic acids is 2. The Bertz CT molecular complexity index is 735. The van der Waals surface area contributed by atoms with Gasteiger partial charge >= 0.3 is 5.97 Å². The zero-order valence-electron chi connectivity index (χ0n) is 14.8. The van der Waals surface area contributed by atoms with Crippen molar-refractivity contribution in [3.8, 4) is 0 Å². The normalized spacial score (nSPS) is 12.0. The van der Waals surface area contributed by atoms with E-state index in [-0.39, 0.29) is 5.91 Å². The summed E-state index contributed by atoms with van der Waals surface area (Å²) in [6.07, 6.45) is 2.18. The molecule has 0 aromatic heterocycles. The van der Waals surface area contributed by atoms with Gasteiger partial charge < -0.3 is 9.64 Å². The highest BCUT2D eigenvalue weighted by molar-refractivity contribution is 5.90. The minimum atomic E-state index is -0.830. The number of nitrogens with zero attached hydrogens (tertiary/aromatic N) is 1. The van der Waals surface area contributed by atoms with Crippen molar-refractivity contribution < 1.29 is 14.3 Å². The summed E-state index contributed by atoms with van der Waals surface area (Å²) in [7, 11) is 1.70. The van der Waals surface area contributed by atoms with Crippen LogP contribution < -0.4 is 0 Å².